The molecule has 4 aliphatic heterocycles. The molecule has 0 bridgehead atoms. The van der Waals surface area contributed by atoms with E-state index in [9.17, 15) is 48.6 Å². The number of fused-ring (bicyclic) bond motifs is 5. The third-order valence-corrected chi connectivity index (χ3v) is 16.8. The van der Waals surface area contributed by atoms with Crippen LogP contribution in [0, 0.1) is 23.7 Å². The standard InChI is InChI=1S/C63H83N9O15S/c1-12-63(41-27-46-50-37(26-36-16-13-14-17-42(36)67-50)29-72(46)58(80)40(41)30-84-61(63)82)87-59(81)49(34(8)9)70-57(79)48(33(6)7)69-55(77)44(25-32(4)5)66-47(73)28-64-54(76)43(24-31(2)3)68-56(78)45-18-15-23-71(45)62(88)65-38-19-21-39(22-20-38)86-60-52(75)53(83-11)51(74)35(10)85-60/h13-14,16-17,19-22,26-27,31-35,43-45,48-49,51-53,60,74-75H,12,15,18,23-25,28-30H2,1-11H3,(H,64,76)(H,65,88)(H,66,73)(H,68,78)(H,69,77)(H,70,79)/t35-,43-,44-,45-,48-,49-,51+,52-,53+,60+,63-/m0/s1. The molecule has 25 heteroatoms. The van der Waals surface area contributed by atoms with Crippen molar-refractivity contribution < 1.29 is 67.5 Å². The Bertz CT molecular complexity index is 3340. The lowest BCUT2D eigenvalue weighted by molar-refractivity contribution is -0.272. The number of nitrogens with one attached hydrogen (secondary N) is 6. The maximum atomic E-state index is 14.5. The molecule has 4 aromatic rings. The van der Waals surface area contributed by atoms with Gasteiger partial charge in [-0.2, -0.15) is 0 Å². The second-order valence-electron chi connectivity index (χ2n) is 24.6. The summed E-state index contributed by atoms with van der Waals surface area (Å²) in [6.45, 7) is 17.3. The predicted molar refractivity (Wildman–Crippen MR) is 328 cm³/mol. The highest BCUT2D eigenvalue weighted by atomic mass is 32.1. The van der Waals surface area contributed by atoms with Gasteiger partial charge in [-0.3, -0.25) is 28.8 Å². The van der Waals surface area contributed by atoms with Gasteiger partial charge < -0.3 is 75.3 Å². The van der Waals surface area contributed by atoms with Crippen LogP contribution >= 0.6 is 12.2 Å². The molecule has 6 heterocycles. The fourth-order valence-corrected chi connectivity index (χ4v) is 12.0. The third-order valence-electron chi connectivity index (χ3n) is 16.5. The van der Waals surface area contributed by atoms with E-state index >= 15 is 0 Å². The molecular weight excluding hydrogens is 1150 g/mol. The Kier molecular flexibility index (Phi) is 21.3. The monoisotopic (exact) mass is 1240 g/mol. The number of nitrogens with zero attached hydrogens (tertiary/aromatic N) is 3. The van der Waals surface area contributed by atoms with Crippen LogP contribution in [-0.2, 0) is 71.3 Å². The highest BCUT2D eigenvalue weighted by molar-refractivity contribution is 7.80. The molecule has 11 atom stereocenters. The molecule has 4 aliphatic rings. The van der Waals surface area contributed by atoms with Crippen molar-refractivity contribution in [1.29, 1.82) is 0 Å². The van der Waals surface area contributed by atoms with E-state index in [-0.39, 0.29) is 60.5 Å². The van der Waals surface area contributed by atoms with Gasteiger partial charge in [-0.1, -0.05) is 80.5 Å². The normalized spacial score (nSPS) is 22.6. The van der Waals surface area contributed by atoms with Crippen LogP contribution in [0.15, 0.2) is 65.5 Å². The summed E-state index contributed by atoms with van der Waals surface area (Å²) < 4.78 is 30.1. The number of ether oxygens (including phenoxy) is 5. The highest BCUT2D eigenvalue weighted by Crippen LogP contribution is 2.41. The second kappa shape index (κ2) is 28.3. The van der Waals surface area contributed by atoms with Gasteiger partial charge in [0.05, 0.1) is 41.7 Å². The Morgan fingerprint density at radius 3 is 2.14 bits per heavy atom. The summed E-state index contributed by atoms with van der Waals surface area (Å²) in [5.74, 6) is -6.03. The molecule has 8 N–H and O–H groups in total. The fraction of sp³-hybridized carbons (Fsp3) is 0.556. The molecule has 2 aromatic heterocycles. The van der Waals surface area contributed by atoms with Gasteiger partial charge in [0.25, 0.3) is 5.56 Å². The van der Waals surface area contributed by atoms with Gasteiger partial charge in [-0.05, 0) is 117 Å². The number of cyclic esters (lactones) is 1. The van der Waals surface area contributed by atoms with Gasteiger partial charge >= 0.3 is 11.9 Å². The van der Waals surface area contributed by atoms with Crippen molar-refractivity contribution in [2.24, 2.45) is 23.7 Å². The Hall–Kier alpha value is -7.58. The molecule has 2 fully saturated rings. The van der Waals surface area contributed by atoms with E-state index in [2.05, 4.69) is 31.9 Å². The number of carbonyl (C=O) groups is 7. The number of pyridine rings is 2. The molecule has 5 amide bonds. The van der Waals surface area contributed by atoms with Crippen LogP contribution in [0.2, 0.25) is 0 Å². The number of amides is 5. The first-order valence-electron chi connectivity index (χ1n) is 30.2. The van der Waals surface area contributed by atoms with Crippen molar-refractivity contribution in [3.05, 3.63) is 87.7 Å². The summed E-state index contributed by atoms with van der Waals surface area (Å²) in [6, 6.07) is 12.4. The number of methoxy groups -OCH3 is 1. The number of rotatable bonds is 23. The fourth-order valence-electron chi connectivity index (χ4n) is 11.7. The van der Waals surface area contributed by atoms with E-state index in [0.717, 1.165) is 10.9 Å². The quantitative estimate of drug-likeness (QED) is 0.0341. The van der Waals surface area contributed by atoms with Crippen molar-refractivity contribution in [3.63, 3.8) is 0 Å². The molecule has 88 heavy (non-hydrogen) atoms. The van der Waals surface area contributed by atoms with Crippen LogP contribution in [0.4, 0.5) is 5.69 Å². The smallest absolute Gasteiger partial charge is 0.355 e. The lowest BCUT2D eigenvalue weighted by atomic mass is 9.85. The molecule has 24 nitrogen and oxygen atoms in total. The second-order valence-corrected chi connectivity index (χ2v) is 25.0. The van der Waals surface area contributed by atoms with E-state index in [0.29, 0.717) is 47.7 Å². The first-order chi connectivity index (χ1) is 41.7. The van der Waals surface area contributed by atoms with Crippen molar-refractivity contribution in [1.82, 2.24) is 41.0 Å². The molecule has 0 radical (unpaired) electrons. The topological polar surface area (TPSA) is 316 Å². The van der Waals surface area contributed by atoms with E-state index < -0.39 is 132 Å². The maximum absolute atomic E-state index is 14.5. The van der Waals surface area contributed by atoms with Gasteiger partial charge in [0.1, 0.15) is 60.9 Å². The van der Waals surface area contributed by atoms with Crippen molar-refractivity contribution in [2.75, 3.05) is 25.5 Å². The van der Waals surface area contributed by atoms with E-state index in [1.807, 2.05) is 58.0 Å². The third kappa shape index (κ3) is 14.6. The molecule has 0 spiro atoms. The molecule has 2 saturated heterocycles. The molecule has 0 unspecified atom stereocenters. The Balaban J connectivity index is 0.868. The number of thiocarbonyl (C=S) groups is 1. The summed E-state index contributed by atoms with van der Waals surface area (Å²) in [7, 11) is 1.38. The number of aliphatic hydroxyl groups is 2. The number of benzene rings is 2. The number of para-hydroxylation sites is 1. The molecule has 0 saturated carbocycles. The van der Waals surface area contributed by atoms with Crippen molar-refractivity contribution >= 4 is 75.4 Å². The van der Waals surface area contributed by atoms with E-state index in [4.69, 9.17) is 40.9 Å². The predicted octanol–water partition coefficient (Wildman–Crippen LogP) is 3.81. The molecule has 0 aliphatic carbocycles. The number of aromatic nitrogens is 2. The SMILES string of the molecule is CC[C@@]1(OC(=O)[C@@H](NC(=O)[C@@H](NC(=O)[C@H](CC(C)C)NC(=O)CNC(=O)[C@H](CC(C)C)NC(=O)[C@@H]2CCCN2C(=S)Nc2ccc(O[C@H]3O[C@@H](C)[C@@H](O)[C@@H](OC)[C@@H]3O)cc2)C(C)C)C(C)C)C(=O)OCc2c1cc1n(c2=O)Cc2cc3ccccc3nc2-1. The largest absolute Gasteiger partial charge is 0.462 e. The van der Waals surface area contributed by atoms with Crippen molar-refractivity contribution in [2.45, 2.75) is 181 Å². The first-order valence-corrected chi connectivity index (χ1v) is 30.6. The Labute approximate surface area is 516 Å². The molecule has 2 aromatic carbocycles. The van der Waals surface area contributed by atoms with Gasteiger partial charge in [-0.25, -0.2) is 14.6 Å². The van der Waals surface area contributed by atoms with Crippen molar-refractivity contribution in [3.8, 4) is 17.1 Å². The Morgan fingerprint density at radius 2 is 1.49 bits per heavy atom. The average molecular weight is 1240 g/mol. The Morgan fingerprint density at radius 1 is 0.830 bits per heavy atom. The number of likely N-dealkylation sites (tertiary alicyclic amines) is 1. The van der Waals surface area contributed by atoms with Gasteiger partial charge in [0.2, 0.25) is 41.4 Å². The lowest BCUT2D eigenvalue weighted by Gasteiger charge is -2.40. The number of aliphatic hydroxyl groups excluding tert-OH is 2. The van der Waals surface area contributed by atoms with Crippen LogP contribution in [-0.4, -0.2) is 152 Å². The van der Waals surface area contributed by atoms with Crippen LogP contribution < -0.4 is 42.2 Å². The minimum absolute atomic E-state index is 0.0523. The summed E-state index contributed by atoms with van der Waals surface area (Å²) in [6.07, 6.45) is -3.59. The number of anilines is 1. The van der Waals surface area contributed by atoms with E-state index in [1.54, 1.807) is 81.3 Å². The van der Waals surface area contributed by atoms with Gasteiger partial charge in [0.15, 0.2) is 5.11 Å². The zero-order valence-corrected chi connectivity index (χ0v) is 52.5. The van der Waals surface area contributed by atoms with E-state index in [1.165, 1.54) is 7.11 Å². The summed E-state index contributed by atoms with van der Waals surface area (Å²) in [4.78, 5) is 119. The zero-order chi connectivity index (χ0) is 64.1. The summed E-state index contributed by atoms with van der Waals surface area (Å²) in [5.41, 5.74) is 0.976. The number of carbonyl (C=O) groups excluding carboxylic acids is 7. The van der Waals surface area contributed by atoms with Crippen LogP contribution in [0.5, 0.6) is 5.75 Å². The summed E-state index contributed by atoms with van der Waals surface area (Å²) in [5, 5.41) is 39.1. The zero-order valence-electron chi connectivity index (χ0n) is 51.7. The number of hydrogen-bond acceptors (Lipinski definition) is 17. The van der Waals surface area contributed by atoms with Crippen LogP contribution in [0.1, 0.15) is 118 Å². The minimum atomic E-state index is -2.06. The first kappa shape index (κ1) is 66.4. The minimum Gasteiger partial charge on any atom is -0.462 e. The van der Waals surface area contributed by atoms with Gasteiger partial charge in [-0.15, -0.1) is 0 Å². The lowest BCUT2D eigenvalue weighted by Crippen LogP contribution is -2.59. The van der Waals surface area contributed by atoms with Crippen LogP contribution in [0.3, 0.4) is 0 Å². The highest BCUT2D eigenvalue weighted by Gasteiger charge is 2.52. The molecular formula is C63H83N9O15S. The summed E-state index contributed by atoms with van der Waals surface area (Å²) >= 11 is 5.77. The number of esters is 2. The van der Waals surface area contributed by atoms with Crippen LogP contribution in [0.25, 0.3) is 22.3 Å². The number of hydrogen-bond donors (Lipinski definition) is 8. The molecule has 476 valence electrons. The molecule has 8 rings (SSSR count). The maximum Gasteiger partial charge on any atom is 0.355 e. The van der Waals surface area contributed by atoms with Gasteiger partial charge in [0, 0.05) is 35.9 Å². The average Bonchev–Trinajstić information content (AvgIpc) is 2.22.